The Morgan fingerprint density at radius 2 is 2.11 bits per heavy atom. The molecule has 28 heavy (non-hydrogen) atoms. The molecule has 4 heterocycles. The summed E-state index contributed by atoms with van der Waals surface area (Å²) in [5.41, 5.74) is 3.50. The lowest BCUT2D eigenvalue weighted by molar-refractivity contribution is 0.186. The van der Waals surface area contributed by atoms with Crippen LogP contribution in [-0.2, 0) is 17.8 Å². The Bertz CT molecular complexity index is 1230. The van der Waals surface area contributed by atoms with E-state index < -0.39 is 0 Å². The first-order valence-corrected chi connectivity index (χ1v) is 9.82. The second-order valence-corrected chi connectivity index (χ2v) is 7.46. The van der Waals surface area contributed by atoms with Crippen LogP contribution in [0.5, 0.6) is 0 Å². The van der Waals surface area contributed by atoms with Crippen LogP contribution in [0.15, 0.2) is 41.5 Å². The van der Waals surface area contributed by atoms with E-state index in [0.29, 0.717) is 24.8 Å². The Morgan fingerprint density at radius 1 is 1.21 bits per heavy atom. The lowest BCUT2D eigenvalue weighted by atomic mass is 10.2. The molecule has 0 amide bonds. The van der Waals surface area contributed by atoms with Crippen LogP contribution < -0.4 is 5.69 Å². The first kappa shape index (κ1) is 17.5. The summed E-state index contributed by atoms with van der Waals surface area (Å²) in [7, 11) is 0. The SMILES string of the molecule is CCn1c(Cn2c(=O)n(C3CCOC3)c3ccncc32)nc2cc(Cl)ccc21. The van der Waals surface area contributed by atoms with Crippen molar-refractivity contribution in [1.29, 1.82) is 0 Å². The summed E-state index contributed by atoms with van der Waals surface area (Å²) in [6, 6.07) is 7.65. The van der Waals surface area contributed by atoms with Gasteiger partial charge in [-0.05, 0) is 37.6 Å². The molecular weight excluding hydrogens is 378 g/mol. The number of aryl methyl sites for hydroxylation is 1. The summed E-state index contributed by atoms with van der Waals surface area (Å²) in [6.45, 7) is 4.45. The third kappa shape index (κ3) is 2.65. The molecule has 4 aromatic rings. The smallest absolute Gasteiger partial charge is 0.329 e. The summed E-state index contributed by atoms with van der Waals surface area (Å²) in [5, 5.41) is 0.652. The van der Waals surface area contributed by atoms with Gasteiger partial charge in [0.25, 0.3) is 0 Å². The zero-order valence-electron chi connectivity index (χ0n) is 15.5. The number of benzene rings is 1. The van der Waals surface area contributed by atoms with E-state index in [9.17, 15) is 4.79 Å². The van der Waals surface area contributed by atoms with Gasteiger partial charge in [-0.25, -0.2) is 9.78 Å². The van der Waals surface area contributed by atoms with Crippen molar-refractivity contribution in [2.24, 2.45) is 0 Å². The van der Waals surface area contributed by atoms with E-state index in [2.05, 4.69) is 16.5 Å². The topological polar surface area (TPSA) is 66.9 Å². The molecule has 1 aliphatic rings. The van der Waals surface area contributed by atoms with Gasteiger partial charge < -0.3 is 9.30 Å². The van der Waals surface area contributed by atoms with Gasteiger partial charge in [-0.1, -0.05) is 11.6 Å². The number of fused-ring (bicyclic) bond motifs is 2. The van der Waals surface area contributed by atoms with Crippen molar-refractivity contribution in [3.63, 3.8) is 0 Å². The molecule has 0 saturated carbocycles. The summed E-state index contributed by atoms with van der Waals surface area (Å²) in [6.07, 6.45) is 4.31. The van der Waals surface area contributed by atoms with Crippen molar-refractivity contribution in [2.45, 2.75) is 32.5 Å². The van der Waals surface area contributed by atoms with Crippen molar-refractivity contribution in [3.05, 3.63) is 58.0 Å². The maximum atomic E-state index is 13.3. The lowest BCUT2D eigenvalue weighted by Crippen LogP contribution is -2.28. The highest BCUT2D eigenvalue weighted by Gasteiger charge is 2.25. The predicted molar refractivity (Wildman–Crippen MR) is 108 cm³/mol. The molecule has 8 heteroatoms. The highest BCUT2D eigenvalue weighted by molar-refractivity contribution is 6.31. The fourth-order valence-corrected chi connectivity index (χ4v) is 4.29. The van der Waals surface area contributed by atoms with Gasteiger partial charge in [0.05, 0.1) is 47.5 Å². The van der Waals surface area contributed by atoms with Gasteiger partial charge in [0, 0.05) is 24.4 Å². The number of rotatable bonds is 4. The van der Waals surface area contributed by atoms with E-state index in [1.807, 2.05) is 28.8 Å². The molecule has 1 fully saturated rings. The Kier molecular flexibility index (Phi) is 4.21. The third-order valence-corrected chi connectivity index (χ3v) is 5.68. The molecule has 144 valence electrons. The molecule has 1 aromatic carbocycles. The first-order chi connectivity index (χ1) is 13.7. The number of ether oxygens (including phenoxy) is 1. The summed E-state index contributed by atoms with van der Waals surface area (Å²) in [5.74, 6) is 0.826. The molecule has 1 atom stereocenters. The number of imidazole rings is 2. The van der Waals surface area contributed by atoms with E-state index >= 15 is 0 Å². The highest BCUT2D eigenvalue weighted by atomic mass is 35.5. The van der Waals surface area contributed by atoms with Gasteiger partial charge in [-0.3, -0.25) is 14.1 Å². The van der Waals surface area contributed by atoms with E-state index in [-0.39, 0.29) is 11.7 Å². The molecule has 0 spiro atoms. The Balaban J connectivity index is 1.68. The minimum atomic E-state index is -0.0498. The predicted octanol–water partition coefficient (Wildman–Crippen LogP) is 3.23. The standard InChI is InChI=1S/C20H20ClN5O2/c1-2-24-16-4-3-13(21)9-15(16)23-19(24)11-25-18-10-22-7-5-17(18)26(20(25)27)14-6-8-28-12-14/h3-5,7,9-10,14H,2,6,8,11-12H2,1H3. The molecule has 0 N–H and O–H groups in total. The summed E-state index contributed by atoms with van der Waals surface area (Å²) in [4.78, 5) is 22.3. The molecule has 1 unspecified atom stereocenters. The summed E-state index contributed by atoms with van der Waals surface area (Å²) >= 11 is 6.14. The fourth-order valence-electron chi connectivity index (χ4n) is 4.13. The highest BCUT2D eigenvalue weighted by Crippen LogP contribution is 2.25. The van der Waals surface area contributed by atoms with E-state index in [0.717, 1.165) is 40.9 Å². The molecule has 5 rings (SSSR count). The number of pyridine rings is 1. The monoisotopic (exact) mass is 397 g/mol. The number of aromatic nitrogens is 5. The Labute approximate surface area is 166 Å². The van der Waals surface area contributed by atoms with Crippen LogP contribution >= 0.6 is 11.6 Å². The van der Waals surface area contributed by atoms with Gasteiger partial charge in [0.1, 0.15) is 5.82 Å². The van der Waals surface area contributed by atoms with E-state index in [1.54, 1.807) is 17.0 Å². The molecule has 1 aliphatic heterocycles. The van der Waals surface area contributed by atoms with Gasteiger partial charge in [-0.15, -0.1) is 0 Å². The first-order valence-electron chi connectivity index (χ1n) is 9.44. The number of hydrogen-bond acceptors (Lipinski definition) is 4. The van der Waals surface area contributed by atoms with E-state index in [4.69, 9.17) is 21.3 Å². The third-order valence-electron chi connectivity index (χ3n) is 5.44. The maximum absolute atomic E-state index is 13.3. The molecule has 3 aromatic heterocycles. The Hall–Kier alpha value is -2.64. The second-order valence-electron chi connectivity index (χ2n) is 7.03. The fraction of sp³-hybridized carbons (Fsp3) is 0.350. The molecule has 0 aliphatic carbocycles. The van der Waals surface area contributed by atoms with Crippen LogP contribution in [0.4, 0.5) is 0 Å². The van der Waals surface area contributed by atoms with Crippen molar-refractivity contribution in [2.75, 3.05) is 13.2 Å². The molecular formula is C20H20ClN5O2. The lowest BCUT2D eigenvalue weighted by Gasteiger charge is -2.09. The van der Waals surface area contributed by atoms with Crippen molar-refractivity contribution in [3.8, 4) is 0 Å². The van der Waals surface area contributed by atoms with Crippen molar-refractivity contribution < 1.29 is 4.74 Å². The zero-order chi connectivity index (χ0) is 19.3. The largest absolute Gasteiger partial charge is 0.379 e. The van der Waals surface area contributed by atoms with Crippen LogP contribution in [0, 0.1) is 0 Å². The minimum absolute atomic E-state index is 0.0498. The van der Waals surface area contributed by atoms with E-state index in [1.165, 1.54) is 0 Å². The average Bonchev–Trinajstić information content (AvgIpc) is 3.39. The zero-order valence-corrected chi connectivity index (χ0v) is 16.3. The van der Waals surface area contributed by atoms with Crippen molar-refractivity contribution in [1.82, 2.24) is 23.7 Å². The summed E-state index contributed by atoms with van der Waals surface area (Å²) < 4.78 is 11.2. The van der Waals surface area contributed by atoms with Gasteiger partial charge in [-0.2, -0.15) is 0 Å². The minimum Gasteiger partial charge on any atom is -0.379 e. The van der Waals surface area contributed by atoms with Crippen LogP contribution in [0.1, 0.15) is 25.2 Å². The number of hydrogen-bond donors (Lipinski definition) is 0. The van der Waals surface area contributed by atoms with Crippen LogP contribution in [-0.4, -0.2) is 36.9 Å². The van der Waals surface area contributed by atoms with Gasteiger partial charge in [0.15, 0.2) is 0 Å². The maximum Gasteiger partial charge on any atom is 0.329 e. The second kappa shape index (κ2) is 6.76. The van der Waals surface area contributed by atoms with Crippen LogP contribution in [0.3, 0.4) is 0 Å². The molecule has 1 saturated heterocycles. The molecule has 0 bridgehead atoms. The number of nitrogens with zero attached hydrogens (tertiary/aromatic N) is 5. The molecule has 7 nitrogen and oxygen atoms in total. The quantitative estimate of drug-likeness (QED) is 0.530. The van der Waals surface area contributed by atoms with Crippen LogP contribution in [0.25, 0.3) is 22.1 Å². The number of halogens is 1. The normalized spacial score (nSPS) is 17.1. The molecule has 0 radical (unpaired) electrons. The van der Waals surface area contributed by atoms with Gasteiger partial charge >= 0.3 is 5.69 Å². The van der Waals surface area contributed by atoms with Gasteiger partial charge in [0.2, 0.25) is 0 Å². The average molecular weight is 398 g/mol. The Morgan fingerprint density at radius 3 is 2.89 bits per heavy atom. The van der Waals surface area contributed by atoms with Crippen molar-refractivity contribution >= 4 is 33.7 Å². The van der Waals surface area contributed by atoms with Crippen LogP contribution in [0.2, 0.25) is 5.02 Å².